The van der Waals surface area contributed by atoms with E-state index in [0.717, 1.165) is 17.8 Å². The summed E-state index contributed by atoms with van der Waals surface area (Å²) in [7, 11) is 0. The Kier molecular flexibility index (Phi) is 4.35. The van der Waals surface area contributed by atoms with Crippen molar-refractivity contribution in [3.05, 3.63) is 16.6 Å². The van der Waals surface area contributed by atoms with Gasteiger partial charge in [-0.1, -0.05) is 13.8 Å². The maximum absolute atomic E-state index is 11.9. The number of nitrogens with zero attached hydrogens (tertiary/aromatic N) is 1. The van der Waals surface area contributed by atoms with Crippen LogP contribution in [-0.4, -0.2) is 22.1 Å². The number of carbonyl (C=O) groups excluding carboxylic acids is 1. The zero-order valence-electron chi connectivity index (χ0n) is 10.8. The lowest BCUT2D eigenvalue weighted by atomic mass is 10.0. The molecule has 0 aromatic carbocycles. The van der Waals surface area contributed by atoms with E-state index in [1.807, 2.05) is 19.2 Å². The molecule has 1 aliphatic carbocycles. The van der Waals surface area contributed by atoms with Gasteiger partial charge in [-0.15, -0.1) is 11.3 Å². The van der Waals surface area contributed by atoms with Gasteiger partial charge in [0.25, 0.3) is 0 Å². The molecule has 0 saturated heterocycles. The molecule has 1 amide bonds. The van der Waals surface area contributed by atoms with E-state index in [9.17, 15) is 9.90 Å². The number of hydrogen-bond acceptors (Lipinski definition) is 4. The van der Waals surface area contributed by atoms with Crippen LogP contribution in [0.4, 0.5) is 0 Å². The van der Waals surface area contributed by atoms with Gasteiger partial charge in [0.15, 0.2) is 0 Å². The second-order valence-electron chi connectivity index (χ2n) is 5.27. The molecule has 0 aliphatic heterocycles. The number of rotatable bonds is 6. The van der Waals surface area contributed by atoms with E-state index in [4.69, 9.17) is 0 Å². The fourth-order valence-corrected chi connectivity index (χ4v) is 2.64. The Morgan fingerprint density at radius 3 is 2.83 bits per heavy atom. The predicted octanol–water partition coefficient (Wildman–Crippen LogP) is 2.12. The van der Waals surface area contributed by atoms with Gasteiger partial charge in [-0.2, -0.15) is 0 Å². The molecule has 1 aromatic rings. The third-order valence-corrected chi connectivity index (χ3v) is 4.15. The summed E-state index contributed by atoms with van der Waals surface area (Å²) in [6.45, 7) is 3.83. The molecule has 4 nitrogen and oxygen atoms in total. The van der Waals surface area contributed by atoms with Crippen molar-refractivity contribution in [2.24, 2.45) is 11.8 Å². The van der Waals surface area contributed by atoms with Crippen molar-refractivity contribution < 1.29 is 9.90 Å². The van der Waals surface area contributed by atoms with Crippen LogP contribution in [0.25, 0.3) is 0 Å². The highest BCUT2D eigenvalue weighted by molar-refractivity contribution is 7.09. The van der Waals surface area contributed by atoms with E-state index in [1.54, 1.807) is 17.5 Å². The van der Waals surface area contributed by atoms with Crippen molar-refractivity contribution >= 4 is 17.2 Å². The Bertz CT molecular complexity index is 388. The average molecular weight is 268 g/mol. The molecular formula is C13H20N2O2S. The average Bonchev–Trinajstić information content (AvgIpc) is 3.00. The summed E-state index contributed by atoms with van der Waals surface area (Å²) in [5.74, 6) is 0.551. The molecule has 1 heterocycles. The third kappa shape index (κ3) is 3.53. The Morgan fingerprint density at radius 2 is 2.33 bits per heavy atom. The van der Waals surface area contributed by atoms with E-state index in [2.05, 4.69) is 10.3 Å². The number of hydrogen-bond donors (Lipinski definition) is 2. The summed E-state index contributed by atoms with van der Waals surface area (Å²) in [5, 5.41) is 15.6. The SMILES string of the molecule is CC(C)C(O)CC(=O)NC(c1nccs1)C1CC1. The molecule has 1 fully saturated rings. The minimum atomic E-state index is -0.568. The lowest BCUT2D eigenvalue weighted by molar-refractivity contribution is -0.124. The number of nitrogens with one attached hydrogen (secondary N) is 1. The number of amides is 1. The molecule has 0 bridgehead atoms. The molecule has 0 spiro atoms. The fourth-order valence-electron chi connectivity index (χ4n) is 1.86. The van der Waals surface area contributed by atoms with Gasteiger partial charge in [0.2, 0.25) is 5.91 Å². The first-order valence-corrected chi connectivity index (χ1v) is 7.32. The quantitative estimate of drug-likeness (QED) is 0.830. The van der Waals surface area contributed by atoms with Gasteiger partial charge in [-0.25, -0.2) is 4.98 Å². The number of aromatic nitrogens is 1. The topological polar surface area (TPSA) is 62.2 Å². The highest BCUT2D eigenvalue weighted by Gasteiger charge is 2.35. The molecular weight excluding hydrogens is 248 g/mol. The highest BCUT2D eigenvalue weighted by Crippen LogP contribution is 2.41. The van der Waals surface area contributed by atoms with Crippen molar-refractivity contribution in [1.29, 1.82) is 0 Å². The van der Waals surface area contributed by atoms with Crippen molar-refractivity contribution in [3.63, 3.8) is 0 Å². The number of aliphatic hydroxyl groups excluding tert-OH is 1. The van der Waals surface area contributed by atoms with Crippen molar-refractivity contribution in [2.75, 3.05) is 0 Å². The highest BCUT2D eigenvalue weighted by atomic mass is 32.1. The van der Waals surface area contributed by atoms with Crippen LogP contribution < -0.4 is 5.32 Å². The molecule has 2 unspecified atom stereocenters. The van der Waals surface area contributed by atoms with Crippen LogP contribution >= 0.6 is 11.3 Å². The monoisotopic (exact) mass is 268 g/mol. The number of carbonyl (C=O) groups is 1. The molecule has 1 saturated carbocycles. The van der Waals surface area contributed by atoms with E-state index < -0.39 is 6.10 Å². The molecule has 2 atom stereocenters. The lowest BCUT2D eigenvalue weighted by Gasteiger charge is -2.18. The maximum atomic E-state index is 11.9. The first-order valence-electron chi connectivity index (χ1n) is 6.44. The minimum Gasteiger partial charge on any atom is -0.392 e. The van der Waals surface area contributed by atoms with Crippen LogP contribution in [0.3, 0.4) is 0 Å². The molecule has 1 aliphatic rings. The van der Waals surface area contributed by atoms with E-state index >= 15 is 0 Å². The van der Waals surface area contributed by atoms with Crippen LogP contribution in [-0.2, 0) is 4.79 Å². The standard InChI is InChI=1S/C13H20N2O2S/c1-8(2)10(16)7-11(17)15-12(9-3-4-9)13-14-5-6-18-13/h5-6,8-10,12,16H,3-4,7H2,1-2H3,(H,15,17). The smallest absolute Gasteiger partial charge is 0.223 e. The van der Waals surface area contributed by atoms with Crippen LogP contribution in [0.5, 0.6) is 0 Å². The third-order valence-electron chi connectivity index (χ3n) is 3.29. The molecule has 100 valence electrons. The summed E-state index contributed by atoms with van der Waals surface area (Å²) in [5.41, 5.74) is 0. The van der Waals surface area contributed by atoms with Gasteiger partial charge >= 0.3 is 0 Å². The summed E-state index contributed by atoms with van der Waals surface area (Å²) < 4.78 is 0. The first-order chi connectivity index (χ1) is 8.58. The molecule has 2 rings (SSSR count). The summed E-state index contributed by atoms with van der Waals surface area (Å²) in [6, 6.07) is 0.0388. The van der Waals surface area contributed by atoms with Crippen LogP contribution in [0, 0.1) is 11.8 Å². The minimum absolute atomic E-state index is 0.0388. The lowest BCUT2D eigenvalue weighted by Crippen LogP contribution is -2.33. The van der Waals surface area contributed by atoms with Gasteiger partial charge in [0.1, 0.15) is 5.01 Å². The zero-order valence-corrected chi connectivity index (χ0v) is 11.6. The van der Waals surface area contributed by atoms with Gasteiger partial charge in [0.05, 0.1) is 18.6 Å². The Labute approximate surface area is 111 Å². The summed E-state index contributed by atoms with van der Waals surface area (Å²) in [6.07, 6.45) is 3.67. The van der Waals surface area contributed by atoms with Crippen LogP contribution in [0.15, 0.2) is 11.6 Å². The molecule has 18 heavy (non-hydrogen) atoms. The van der Waals surface area contributed by atoms with Crippen LogP contribution in [0.2, 0.25) is 0 Å². The molecule has 1 aromatic heterocycles. The second-order valence-corrected chi connectivity index (χ2v) is 6.19. The van der Waals surface area contributed by atoms with Gasteiger partial charge in [0, 0.05) is 11.6 Å². The van der Waals surface area contributed by atoms with Crippen molar-refractivity contribution in [2.45, 2.75) is 45.3 Å². The van der Waals surface area contributed by atoms with Gasteiger partial charge in [-0.05, 0) is 24.7 Å². The normalized spacial score (nSPS) is 18.7. The second kappa shape index (κ2) is 5.80. The van der Waals surface area contributed by atoms with E-state index in [-0.39, 0.29) is 24.3 Å². The molecule has 5 heteroatoms. The fraction of sp³-hybridized carbons (Fsp3) is 0.692. The summed E-state index contributed by atoms with van der Waals surface area (Å²) in [4.78, 5) is 16.2. The van der Waals surface area contributed by atoms with Gasteiger partial charge in [-0.3, -0.25) is 4.79 Å². The number of aliphatic hydroxyl groups is 1. The van der Waals surface area contributed by atoms with Gasteiger partial charge < -0.3 is 10.4 Å². The van der Waals surface area contributed by atoms with Crippen molar-refractivity contribution in [1.82, 2.24) is 10.3 Å². The Hall–Kier alpha value is -0.940. The molecule has 0 radical (unpaired) electrons. The van der Waals surface area contributed by atoms with Crippen LogP contribution in [0.1, 0.15) is 44.2 Å². The number of thiazole rings is 1. The first kappa shape index (κ1) is 13.5. The summed E-state index contributed by atoms with van der Waals surface area (Å²) >= 11 is 1.58. The zero-order chi connectivity index (χ0) is 13.1. The van der Waals surface area contributed by atoms with E-state index in [0.29, 0.717) is 5.92 Å². The van der Waals surface area contributed by atoms with E-state index in [1.165, 1.54) is 0 Å². The maximum Gasteiger partial charge on any atom is 0.223 e. The Morgan fingerprint density at radius 1 is 1.61 bits per heavy atom. The van der Waals surface area contributed by atoms with Crippen molar-refractivity contribution in [3.8, 4) is 0 Å². The predicted molar refractivity (Wildman–Crippen MR) is 71.2 cm³/mol. The largest absolute Gasteiger partial charge is 0.392 e. The molecule has 2 N–H and O–H groups in total. The Balaban J connectivity index is 1.91.